The van der Waals surface area contributed by atoms with Crippen molar-refractivity contribution < 1.29 is 113 Å². The zero-order valence-corrected chi connectivity index (χ0v) is 37.3. The second-order valence-corrected chi connectivity index (χ2v) is 20.3. The van der Waals surface area contributed by atoms with Crippen LogP contribution in [0.25, 0.3) is 0 Å². The Morgan fingerprint density at radius 1 is 0.662 bits per heavy atom. The number of carbonyl (C=O) groups is 2. The van der Waals surface area contributed by atoms with Crippen LogP contribution >= 0.6 is 0 Å². The molecule has 0 aliphatic carbocycles. The number of hydrogen-bond acceptors (Lipinski definition) is 8. The van der Waals surface area contributed by atoms with Gasteiger partial charge in [0.1, 0.15) is 24.2 Å². The summed E-state index contributed by atoms with van der Waals surface area (Å²) in [6.45, 7) is 4.18. The molecule has 0 spiro atoms. The van der Waals surface area contributed by atoms with Crippen molar-refractivity contribution in [1.29, 1.82) is 0 Å². The highest BCUT2D eigenvalue weighted by Crippen LogP contribution is 2.64. The highest BCUT2D eigenvalue weighted by molar-refractivity contribution is 6.76. The lowest BCUT2D eigenvalue weighted by molar-refractivity contribution is -0.461. The van der Waals surface area contributed by atoms with E-state index in [-0.39, 0.29) is 11.3 Å². The fourth-order valence-corrected chi connectivity index (χ4v) is 10.9. The number of amides is 2. The Kier molecular flexibility index (Phi) is 19.4. The number of halogens is 17. The predicted molar refractivity (Wildman–Crippen MR) is 209 cm³/mol. The highest BCUT2D eigenvalue weighted by Gasteiger charge is 2.95. The molecule has 0 heterocycles. The van der Waals surface area contributed by atoms with Gasteiger partial charge in [-0.2, -0.15) is 74.6 Å². The van der Waals surface area contributed by atoms with E-state index in [9.17, 15) is 75.4 Å². The fourth-order valence-electron chi connectivity index (χ4n) is 6.42. The molecule has 0 radical (unpaired) electrons. The number of allylic oxidation sites excluding steroid dienone is 2. The van der Waals surface area contributed by atoms with Crippen molar-refractivity contribution in [2.45, 2.75) is 111 Å². The Hall–Kier alpha value is -4.83. The summed E-state index contributed by atoms with van der Waals surface area (Å²) in [7, 11) is -1.36. The quantitative estimate of drug-likeness (QED) is 0.0171. The number of nitrogens with one attached hydrogen (secondary N) is 2. The summed E-state index contributed by atoms with van der Waals surface area (Å²) in [5, 5.41) is 11.2. The average molecular weight is 1030 g/mol. The predicted octanol–water partition coefficient (Wildman–Crippen LogP) is 12.2. The number of anilines is 1. The van der Waals surface area contributed by atoms with Gasteiger partial charge in [0.25, 0.3) is 5.91 Å². The van der Waals surface area contributed by atoms with Crippen LogP contribution < -0.4 is 20.3 Å². The molecule has 3 N–H and O–H groups in total. The molecule has 0 aromatic heterocycles. The van der Waals surface area contributed by atoms with Crippen molar-refractivity contribution in [3.8, 4) is 11.5 Å². The lowest BCUT2D eigenvalue weighted by Crippen LogP contribution is -2.74. The second-order valence-electron chi connectivity index (χ2n) is 15.3. The number of alkyl halides is 17. The summed E-state index contributed by atoms with van der Waals surface area (Å²) in [5.41, 5.74) is 0.137. The number of rotatable bonds is 25. The Labute approximate surface area is 377 Å². The van der Waals surface area contributed by atoms with E-state index in [1.165, 1.54) is 102 Å². The summed E-state index contributed by atoms with van der Waals surface area (Å²) < 4.78 is 264. The molecule has 386 valence electrons. The zero-order valence-electron chi connectivity index (χ0n) is 36.3. The Balaban J connectivity index is 2.33. The molecular weight excluding hydrogens is 987 g/mol. The number of ether oxygens (including phenoxy) is 4. The molecule has 0 aliphatic heterocycles. The van der Waals surface area contributed by atoms with Gasteiger partial charge in [-0.3, -0.25) is 15.3 Å². The van der Waals surface area contributed by atoms with Crippen LogP contribution in [0.3, 0.4) is 0 Å². The van der Waals surface area contributed by atoms with E-state index >= 15 is 8.78 Å². The van der Waals surface area contributed by atoms with Crippen LogP contribution in [0.5, 0.6) is 11.5 Å². The van der Waals surface area contributed by atoms with Crippen LogP contribution in [0.1, 0.15) is 45.8 Å². The van der Waals surface area contributed by atoms with E-state index in [1.807, 2.05) is 0 Å². The SMILES string of the molecule is COc1ccc(NC(=O)O[C@H](c2ccc(OCCO[Si](CCC(F)(F)C(F)(F)C(F)(F)C(F)(F)C(F)(F)C(F)(F)C(F)(F)C(F)(F)F)(C(C)C)C(C)C)cc2)[C@@H](/C=C/C=C/C(=O)NO)OC)cc1. The van der Waals surface area contributed by atoms with E-state index in [4.69, 9.17) is 28.6 Å². The van der Waals surface area contributed by atoms with E-state index in [2.05, 4.69) is 5.32 Å². The Bertz CT molecular complexity index is 2010. The minimum Gasteiger partial charge on any atom is -0.497 e. The number of hydroxylamine groups is 1. The molecule has 0 unspecified atom stereocenters. The highest BCUT2D eigenvalue weighted by atomic mass is 28.4. The third kappa shape index (κ3) is 12.3. The van der Waals surface area contributed by atoms with Gasteiger partial charge < -0.3 is 23.4 Å². The molecular formula is C40H45F17N2O8Si. The van der Waals surface area contributed by atoms with Gasteiger partial charge in [-0.05, 0) is 59.1 Å². The van der Waals surface area contributed by atoms with Gasteiger partial charge in [0.15, 0.2) is 14.4 Å². The lowest BCUT2D eigenvalue weighted by Gasteiger charge is -2.44. The summed E-state index contributed by atoms with van der Waals surface area (Å²) >= 11 is 0. The van der Waals surface area contributed by atoms with Crippen molar-refractivity contribution >= 4 is 26.0 Å². The van der Waals surface area contributed by atoms with Gasteiger partial charge >= 0.3 is 53.7 Å². The number of hydrogen-bond donors (Lipinski definition) is 3. The summed E-state index contributed by atoms with van der Waals surface area (Å²) in [6, 6.07) is 10.3. The maximum absolute atomic E-state index is 15.0. The standard InChI is InChI=1S/C40H45F17N2O8Si/c1-23(2)68(24(3)4,22-19-33(41,42)34(43,44)35(45,46)36(47,48)37(49,50)38(51,52)39(53,54)40(55,56)57)66-21-20-65-28-15-11-25(12-16-28)31(29(64-6)9-7-8-10-30(60)59-62)67-32(61)58-26-13-17-27(63-5)18-14-26/h7-18,23-24,29,31,62H,19-22H2,1-6H3,(H,58,61)(H,59,60)/b9-7+,10-8+/t29-,31-/m1/s1. The molecule has 0 fully saturated rings. The fraction of sp³-hybridized carbons (Fsp3) is 0.550. The molecule has 2 atom stereocenters. The van der Waals surface area contributed by atoms with Gasteiger partial charge in [-0.1, -0.05) is 58.1 Å². The Morgan fingerprint density at radius 2 is 1.15 bits per heavy atom. The summed E-state index contributed by atoms with van der Waals surface area (Å²) in [4.78, 5) is 24.3. The van der Waals surface area contributed by atoms with Crippen molar-refractivity contribution in [2.24, 2.45) is 0 Å². The van der Waals surface area contributed by atoms with Crippen LogP contribution in [0.15, 0.2) is 72.8 Å². The lowest BCUT2D eigenvalue weighted by atomic mass is 9.88. The molecule has 2 amide bonds. The first-order valence-electron chi connectivity index (χ1n) is 19.5. The van der Waals surface area contributed by atoms with Gasteiger partial charge in [-0.25, -0.2) is 10.3 Å². The zero-order chi connectivity index (χ0) is 52.5. The number of carbonyl (C=O) groups excluding carboxylic acids is 2. The smallest absolute Gasteiger partial charge is 0.460 e. The minimum atomic E-state index is -8.71. The topological polar surface area (TPSA) is 125 Å². The van der Waals surface area contributed by atoms with E-state index in [0.717, 1.165) is 6.08 Å². The molecule has 0 bridgehead atoms. The summed E-state index contributed by atoms with van der Waals surface area (Å²) in [6.07, 6.45) is -8.76. The van der Waals surface area contributed by atoms with Crippen LogP contribution in [-0.4, -0.2) is 107 Å². The van der Waals surface area contributed by atoms with Crippen LogP contribution in [0.4, 0.5) is 85.1 Å². The first-order valence-corrected chi connectivity index (χ1v) is 21.8. The number of methoxy groups -OCH3 is 2. The third-order valence-electron chi connectivity index (χ3n) is 10.4. The van der Waals surface area contributed by atoms with Crippen LogP contribution in [0, 0.1) is 0 Å². The summed E-state index contributed by atoms with van der Waals surface area (Å²) in [5.74, 6) is -57.3. The van der Waals surface area contributed by atoms with E-state index < -0.39 is 117 Å². The van der Waals surface area contributed by atoms with Crippen molar-refractivity contribution in [3.63, 3.8) is 0 Å². The van der Waals surface area contributed by atoms with Crippen molar-refractivity contribution in [2.75, 3.05) is 32.8 Å². The Morgan fingerprint density at radius 3 is 1.60 bits per heavy atom. The molecule has 0 saturated carbocycles. The van der Waals surface area contributed by atoms with E-state index in [0.29, 0.717) is 11.4 Å². The maximum atomic E-state index is 15.0. The molecule has 0 saturated heterocycles. The van der Waals surface area contributed by atoms with Gasteiger partial charge in [-0.15, -0.1) is 0 Å². The molecule has 2 aromatic carbocycles. The molecule has 0 aliphatic rings. The second kappa shape index (κ2) is 22.3. The van der Waals surface area contributed by atoms with Gasteiger partial charge in [0.05, 0.1) is 13.7 Å². The van der Waals surface area contributed by atoms with Gasteiger partial charge in [0, 0.05) is 25.3 Å². The van der Waals surface area contributed by atoms with Gasteiger partial charge in [0.2, 0.25) is 0 Å². The molecule has 68 heavy (non-hydrogen) atoms. The normalized spacial score (nSPS) is 15.0. The van der Waals surface area contributed by atoms with Crippen molar-refractivity contribution in [1.82, 2.24) is 5.48 Å². The van der Waals surface area contributed by atoms with Crippen LogP contribution in [-0.2, 0) is 18.7 Å². The average Bonchev–Trinajstić information content (AvgIpc) is 3.24. The molecule has 10 nitrogen and oxygen atoms in total. The monoisotopic (exact) mass is 1030 g/mol. The minimum absolute atomic E-state index is 0.0623. The van der Waals surface area contributed by atoms with Crippen LogP contribution in [0.2, 0.25) is 17.1 Å². The van der Waals surface area contributed by atoms with Crippen molar-refractivity contribution in [3.05, 3.63) is 78.4 Å². The first kappa shape index (κ1) is 59.3. The number of benzene rings is 2. The molecule has 28 heteroatoms. The largest absolute Gasteiger partial charge is 0.497 e. The van der Waals surface area contributed by atoms with E-state index in [1.54, 1.807) is 12.1 Å². The maximum Gasteiger partial charge on any atom is 0.460 e. The molecule has 2 rings (SSSR count). The third-order valence-corrected chi connectivity index (χ3v) is 16.1. The first-order chi connectivity index (χ1) is 31.0. The molecule has 2 aromatic rings.